The average molecular weight is 304 g/mol. The van der Waals surface area contributed by atoms with E-state index in [2.05, 4.69) is 5.32 Å². The molecule has 0 atom stereocenters. The van der Waals surface area contributed by atoms with Gasteiger partial charge in [0.1, 0.15) is 4.90 Å². The zero-order valence-corrected chi connectivity index (χ0v) is 10.6. The fourth-order valence-electron chi connectivity index (χ4n) is 1.09. The summed E-state index contributed by atoms with van der Waals surface area (Å²) in [4.78, 5) is 10.0. The Hall–Kier alpha value is -0.920. The number of carbonyl (C=O) groups is 1. The third-order valence-electron chi connectivity index (χ3n) is 1.83. The molecule has 0 aliphatic heterocycles. The van der Waals surface area contributed by atoms with Crippen LogP contribution in [0.1, 0.15) is 10.4 Å². The van der Waals surface area contributed by atoms with Gasteiger partial charge >= 0.3 is 0 Å². The molecule has 0 aliphatic rings. The highest BCUT2D eigenvalue weighted by Crippen LogP contribution is 2.32. The molecule has 4 nitrogen and oxygen atoms in total. The van der Waals surface area contributed by atoms with Crippen molar-refractivity contribution < 1.29 is 22.0 Å². The normalized spacial score (nSPS) is 11.4. The summed E-state index contributed by atoms with van der Waals surface area (Å²) in [6.07, 6.45) is 0. The average Bonchev–Trinajstić information content (AvgIpc) is 2.20. The van der Waals surface area contributed by atoms with Crippen LogP contribution in [0, 0.1) is 11.6 Å². The van der Waals surface area contributed by atoms with E-state index in [1.54, 1.807) is 0 Å². The van der Waals surface area contributed by atoms with Gasteiger partial charge in [-0.25, -0.2) is 17.2 Å². The van der Waals surface area contributed by atoms with Crippen LogP contribution < -0.4 is 5.32 Å². The lowest BCUT2D eigenvalue weighted by molar-refractivity contribution is 0.0962. The number of hydrogen-bond donors (Lipinski definition) is 1. The van der Waals surface area contributed by atoms with Crippen LogP contribution in [0.4, 0.5) is 8.78 Å². The molecule has 0 aliphatic carbocycles. The van der Waals surface area contributed by atoms with E-state index >= 15 is 0 Å². The second-order valence-electron chi connectivity index (χ2n) is 2.88. The maximum absolute atomic E-state index is 13.3. The van der Waals surface area contributed by atoms with Crippen LogP contribution in [0.3, 0.4) is 0 Å². The molecule has 0 heterocycles. The highest BCUT2D eigenvalue weighted by atomic mass is 35.7. The molecule has 1 N–H and O–H groups in total. The molecule has 1 aromatic carbocycles. The summed E-state index contributed by atoms with van der Waals surface area (Å²) >= 11 is 5.51. The molecular formula is C8H5Cl2F2NO3S. The number of carbonyl (C=O) groups excluding carboxylic acids is 1. The van der Waals surface area contributed by atoms with Gasteiger partial charge in [-0.3, -0.25) is 4.79 Å². The first-order valence-corrected chi connectivity index (χ1v) is 6.73. The summed E-state index contributed by atoms with van der Waals surface area (Å²) in [5.41, 5.74) is -0.521. The Morgan fingerprint density at radius 2 is 1.94 bits per heavy atom. The van der Waals surface area contributed by atoms with Crippen LogP contribution in [-0.2, 0) is 9.05 Å². The van der Waals surface area contributed by atoms with E-state index in [4.69, 9.17) is 22.3 Å². The molecule has 0 bridgehead atoms. The first kappa shape index (κ1) is 14.1. The number of benzene rings is 1. The molecule has 94 valence electrons. The zero-order chi connectivity index (χ0) is 13.4. The summed E-state index contributed by atoms with van der Waals surface area (Å²) in [6.45, 7) is 0. The molecule has 1 aromatic rings. The van der Waals surface area contributed by atoms with Crippen molar-refractivity contribution >= 4 is 37.2 Å². The molecule has 0 spiro atoms. The lowest BCUT2D eigenvalue weighted by Gasteiger charge is -2.08. The fraction of sp³-hybridized carbons (Fsp3) is 0.125. The van der Waals surface area contributed by atoms with Crippen molar-refractivity contribution in [3.63, 3.8) is 0 Å². The van der Waals surface area contributed by atoms with Crippen LogP contribution in [-0.4, -0.2) is 21.4 Å². The van der Waals surface area contributed by atoms with Crippen molar-refractivity contribution in [2.24, 2.45) is 0 Å². The molecule has 9 heteroatoms. The van der Waals surface area contributed by atoms with E-state index in [1.807, 2.05) is 0 Å². The Bertz CT molecular complexity index is 589. The Labute approximate surface area is 105 Å². The standard InChI is InChI=1S/C8H5Cl2F2NO3S/c1-13-8(14)3-2-4(11)6(12)7(5(3)9)17(10,15)16/h2H,1H3,(H,13,14). The number of nitrogens with one attached hydrogen (secondary N) is 1. The Balaban J connectivity index is 3.73. The Morgan fingerprint density at radius 3 is 2.35 bits per heavy atom. The lowest BCUT2D eigenvalue weighted by atomic mass is 10.2. The van der Waals surface area contributed by atoms with Gasteiger partial charge in [0.15, 0.2) is 11.6 Å². The first-order valence-electron chi connectivity index (χ1n) is 4.04. The van der Waals surface area contributed by atoms with Gasteiger partial charge < -0.3 is 5.32 Å². The van der Waals surface area contributed by atoms with Crippen molar-refractivity contribution in [3.8, 4) is 0 Å². The van der Waals surface area contributed by atoms with Gasteiger partial charge in [0, 0.05) is 17.7 Å². The summed E-state index contributed by atoms with van der Waals surface area (Å²) < 4.78 is 48.4. The topological polar surface area (TPSA) is 63.2 Å². The van der Waals surface area contributed by atoms with Gasteiger partial charge in [0.25, 0.3) is 15.0 Å². The van der Waals surface area contributed by atoms with Gasteiger partial charge in [-0.2, -0.15) is 0 Å². The van der Waals surface area contributed by atoms with Crippen LogP contribution in [0.2, 0.25) is 5.02 Å². The number of halogens is 4. The summed E-state index contributed by atoms with van der Waals surface area (Å²) in [5, 5.41) is 1.33. The van der Waals surface area contributed by atoms with E-state index in [9.17, 15) is 22.0 Å². The summed E-state index contributed by atoms with van der Waals surface area (Å²) in [5.74, 6) is -4.12. The van der Waals surface area contributed by atoms with Crippen LogP contribution in [0.5, 0.6) is 0 Å². The van der Waals surface area contributed by atoms with E-state index in [1.165, 1.54) is 7.05 Å². The fourth-order valence-corrected chi connectivity index (χ4v) is 2.81. The maximum atomic E-state index is 13.3. The van der Waals surface area contributed by atoms with Crippen LogP contribution >= 0.6 is 22.3 Å². The number of rotatable bonds is 2. The minimum atomic E-state index is -4.61. The predicted molar refractivity (Wildman–Crippen MR) is 57.8 cm³/mol. The Morgan fingerprint density at radius 1 is 1.41 bits per heavy atom. The highest BCUT2D eigenvalue weighted by molar-refractivity contribution is 8.13. The molecule has 0 aromatic heterocycles. The van der Waals surface area contributed by atoms with Crippen molar-refractivity contribution in [1.82, 2.24) is 5.32 Å². The van der Waals surface area contributed by atoms with Gasteiger partial charge in [0.05, 0.1) is 10.6 Å². The number of hydrogen-bond acceptors (Lipinski definition) is 3. The maximum Gasteiger partial charge on any atom is 0.265 e. The van der Waals surface area contributed by atoms with Gasteiger partial charge in [-0.05, 0) is 6.07 Å². The molecule has 1 amide bonds. The van der Waals surface area contributed by atoms with Gasteiger partial charge in [-0.1, -0.05) is 11.6 Å². The highest BCUT2D eigenvalue weighted by Gasteiger charge is 2.28. The molecule has 0 fully saturated rings. The van der Waals surface area contributed by atoms with Crippen molar-refractivity contribution in [2.75, 3.05) is 7.05 Å². The SMILES string of the molecule is CNC(=O)c1cc(F)c(F)c(S(=O)(=O)Cl)c1Cl. The molecule has 0 radical (unpaired) electrons. The first-order chi connectivity index (χ1) is 7.70. The lowest BCUT2D eigenvalue weighted by Crippen LogP contribution is -2.19. The molecule has 0 unspecified atom stereocenters. The van der Waals surface area contributed by atoms with E-state index in [-0.39, 0.29) is 0 Å². The second kappa shape index (κ2) is 4.75. The molecule has 17 heavy (non-hydrogen) atoms. The van der Waals surface area contributed by atoms with Crippen LogP contribution in [0.25, 0.3) is 0 Å². The molecule has 1 rings (SSSR count). The molecule has 0 saturated carbocycles. The van der Waals surface area contributed by atoms with E-state index in [0.717, 1.165) is 0 Å². The van der Waals surface area contributed by atoms with Gasteiger partial charge in [0.2, 0.25) is 0 Å². The quantitative estimate of drug-likeness (QED) is 0.670. The van der Waals surface area contributed by atoms with Crippen LogP contribution in [0.15, 0.2) is 11.0 Å². The van der Waals surface area contributed by atoms with Crippen molar-refractivity contribution in [1.29, 1.82) is 0 Å². The summed E-state index contributed by atoms with van der Waals surface area (Å²) in [6, 6.07) is 0.488. The summed E-state index contributed by atoms with van der Waals surface area (Å²) in [7, 11) is 1.52. The van der Waals surface area contributed by atoms with E-state index < -0.39 is 42.1 Å². The molecular weight excluding hydrogens is 299 g/mol. The van der Waals surface area contributed by atoms with Crippen molar-refractivity contribution in [3.05, 3.63) is 28.3 Å². The molecule has 0 saturated heterocycles. The third kappa shape index (κ3) is 2.67. The minimum Gasteiger partial charge on any atom is -0.355 e. The largest absolute Gasteiger partial charge is 0.355 e. The Kier molecular flexibility index (Phi) is 3.95. The number of amides is 1. The monoisotopic (exact) mass is 303 g/mol. The predicted octanol–water partition coefficient (Wildman–Crippen LogP) is 1.91. The van der Waals surface area contributed by atoms with Crippen molar-refractivity contribution in [2.45, 2.75) is 4.90 Å². The zero-order valence-electron chi connectivity index (χ0n) is 8.22. The van der Waals surface area contributed by atoms with Gasteiger partial charge in [-0.15, -0.1) is 0 Å². The van der Waals surface area contributed by atoms with E-state index in [0.29, 0.717) is 6.07 Å². The second-order valence-corrected chi connectivity index (χ2v) is 5.76. The third-order valence-corrected chi connectivity index (χ3v) is 3.67. The smallest absolute Gasteiger partial charge is 0.265 e. The minimum absolute atomic E-state index is 0.488.